The summed E-state index contributed by atoms with van der Waals surface area (Å²) in [6.45, 7) is 8.36. The predicted molar refractivity (Wildman–Crippen MR) is 76.3 cm³/mol. The van der Waals surface area contributed by atoms with Crippen molar-refractivity contribution in [1.82, 2.24) is 9.80 Å². The SMILES string of the molecule is CC(C)(O)CN1CCN(C(=O)C2(N)CCOCC2)CC1. The number of rotatable bonds is 3. The number of ether oxygens (including phenoxy) is 1. The first-order chi connectivity index (χ1) is 9.30. The van der Waals surface area contributed by atoms with Gasteiger partial charge in [-0.1, -0.05) is 0 Å². The van der Waals surface area contributed by atoms with Gasteiger partial charge in [-0.3, -0.25) is 9.69 Å². The van der Waals surface area contributed by atoms with Gasteiger partial charge in [0.05, 0.1) is 11.1 Å². The Balaban J connectivity index is 1.85. The van der Waals surface area contributed by atoms with Crippen LogP contribution in [0.2, 0.25) is 0 Å². The quantitative estimate of drug-likeness (QED) is 0.724. The normalized spacial score (nSPS) is 24.7. The third-order valence-corrected chi connectivity index (χ3v) is 4.08. The average Bonchev–Trinajstić information content (AvgIpc) is 2.38. The topological polar surface area (TPSA) is 79.0 Å². The molecule has 0 aromatic rings. The minimum atomic E-state index is -0.739. The largest absolute Gasteiger partial charge is 0.389 e. The van der Waals surface area contributed by atoms with Gasteiger partial charge >= 0.3 is 0 Å². The van der Waals surface area contributed by atoms with Gasteiger partial charge in [-0.2, -0.15) is 0 Å². The Morgan fingerprint density at radius 2 is 1.80 bits per heavy atom. The fourth-order valence-corrected chi connectivity index (χ4v) is 2.92. The number of nitrogens with zero attached hydrogens (tertiary/aromatic N) is 2. The monoisotopic (exact) mass is 285 g/mol. The minimum Gasteiger partial charge on any atom is -0.389 e. The summed E-state index contributed by atoms with van der Waals surface area (Å²) >= 11 is 0. The average molecular weight is 285 g/mol. The molecule has 0 unspecified atom stereocenters. The molecule has 2 fully saturated rings. The molecular weight excluding hydrogens is 258 g/mol. The van der Waals surface area contributed by atoms with E-state index in [0.717, 1.165) is 13.1 Å². The van der Waals surface area contributed by atoms with Crippen LogP contribution in [0.5, 0.6) is 0 Å². The van der Waals surface area contributed by atoms with Crippen LogP contribution >= 0.6 is 0 Å². The predicted octanol–water partition coefficient (Wildman–Crippen LogP) is -0.591. The molecule has 0 atom stereocenters. The van der Waals surface area contributed by atoms with Crippen molar-refractivity contribution in [3.63, 3.8) is 0 Å². The molecule has 2 aliphatic rings. The maximum absolute atomic E-state index is 12.5. The molecule has 2 heterocycles. The van der Waals surface area contributed by atoms with Gasteiger partial charge in [0, 0.05) is 45.9 Å². The number of hydrogen-bond acceptors (Lipinski definition) is 5. The lowest BCUT2D eigenvalue weighted by atomic mass is 9.89. The maximum atomic E-state index is 12.5. The lowest BCUT2D eigenvalue weighted by Gasteiger charge is -2.41. The summed E-state index contributed by atoms with van der Waals surface area (Å²) in [5.41, 5.74) is 4.81. The molecule has 2 rings (SSSR count). The van der Waals surface area contributed by atoms with Gasteiger partial charge < -0.3 is 20.5 Å². The molecule has 0 aromatic heterocycles. The fraction of sp³-hybridized carbons (Fsp3) is 0.929. The molecule has 2 saturated heterocycles. The third-order valence-electron chi connectivity index (χ3n) is 4.08. The van der Waals surface area contributed by atoms with Crippen LogP contribution in [0.15, 0.2) is 0 Å². The molecule has 1 amide bonds. The molecule has 20 heavy (non-hydrogen) atoms. The van der Waals surface area contributed by atoms with Gasteiger partial charge in [0.25, 0.3) is 0 Å². The Hall–Kier alpha value is -0.690. The number of β-amino-alcohol motifs (C(OH)–C–C–N with tert-alkyl or cyclic N) is 1. The molecule has 2 aliphatic heterocycles. The van der Waals surface area contributed by atoms with Crippen molar-refractivity contribution in [3.8, 4) is 0 Å². The summed E-state index contributed by atoms with van der Waals surface area (Å²) in [6, 6.07) is 0. The molecule has 3 N–H and O–H groups in total. The van der Waals surface area contributed by atoms with Gasteiger partial charge in [-0.25, -0.2) is 0 Å². The molecule has 6 nitrogen and oxygen atoms in total. The first-order valence-electron chi connectivity index (χ1n) is 7.41. The first-order valence-corrected chi connectivity index (χ1v) is 7.41. The van der Waals surface area contributed by atoms with Crippen LogP contribution in [0.3, 0.4) is 0 Å². The summed E-state index contributed by atoms with van der Waals surface area (Å²) in [4.78, 5) is 16.6. The fourth-order valence-electron chi connectivity index (χ4n) is 2.92. The Bertz CT molecular complexity index is 340. The minimum absolute atomic E-state index is 0.0590. The molecule has 0 bridgehead atoms. The van der Waals surface area contributed by atoms with Gasteiger partial charge in [0.15, 0.2) is 0 Å². The number of amides is 1. The van der Waals surface area contributed by atoms with Gasteiger partial charge in [-0.15, -0.1) is 0 Å². The van der Waals surface area contributed by atoms with Gasteiger partial charge in [0.2, 0.25) is 5.91 Å². The highest BCUT2D eigenvalue weighted by molar-refractivity contribution is 5.86. The number of aliphatic hydroxyl groups is 1. The van der Waals surface area contributed by atoms with Crippen molar-refractivity contribution < 1.29 is 14.6 Å². The molecule has 0 saturated carbocycles. The molecular formula is C14H27N3O3. The smallest absolute Gasteiger partial charge is 0.242 e. The summed E-state index contributed by atoms with van der Waals surface area (Å²) in [7, 11) is 0. The number of nitrogens with two attached hydrogens (primary N) is 1. The highest BCUT2D eigenvalue weighted by atomic mass is 16.5. The Morgan fingerprint density at radius 1 is 1.25 bits per heavy atom. The Labute approximate surface area is 120 Å². The van der Waals surface area contributed by atoms with Crippen LogP contribution in [-0.4, -0.2) is 77.9 Å². The molecule has 0 radical (unpaired) electrons. The number of hydrogen-bond donors (Lipinski definition) is 2. The van der Waals surface area contributed by atoms with Crippen LogP contribution in [0.4, 0.5) is 0 Å². The number of carbonyl (C=O) groups excluding carboxylic acids is 1. The number of carbonyl (C=O) groups is 1. The maximum Gasteiger partial charge on any atom is 0.242 e. The molecule has 0 aromatic carbocycles. The zero-order chi connectivity index (χ0) is 14.8. The van der Waals surface area contributed by atoms with E-state index in [2.05, 4.69) is 4.90 Å². The van der Waals surface area contributed by atoms with Crippen LogP contribution in [0.25, 0.3) is 0 Å². The molecule has 116 valence electrons. The Morgan fingerprint density at radius 3 is 2.30 bits per heavy atom. The second kappa shape index (κ2) is 5.97. The zero-order valence-electron chi connectivity index (χ0n) is 12.6. The number of piperazine rings is 1. The Kier molecular flexibility index (Phi) is 4.69. The van der Waals surface area contributed by atoms with E-state index in [4.69, 9.17) is 10.5 Å². The van der Waals surface area contributed by atoms with E-state index in [1.807, 2.05) is 4.90 Å². The second-order valence-electron chi connectivity index (χ2n) is 6.65. The van der Waals surface area contributed by atoms with E-state index in [9.17, 15) is 9.90 Å². The van der Waals surface area contributed by atoms with E-state index in [0.29, 0.717) is 45.7 Å². The van der Waals surface area contributed by atoms with E-state index in [1.54, 1.807) is 13.8 Å². The summed E-state index contributed by atoms with van der Waals surface area (Å²) in [5.74, 6) is 0.0590. The standard InChI is InChI=1S/C14H27N3O3/c1-13(2,19)11-16-5-7-17(8-6-16)12(18)14(15)3-9-20-10-4-14/h19H,3-11,15H2,1-2H3. The van der Waals surface area contributed by atoms with E-state index in [1.165, 1.54) is 0 Å². The van der Waals surface area contributed by atoms with Crippen LogP contribution in [-0.2, 0) is 9.53 Å². The van der Waals surface area contributed by atoms with Crippen molar-refractivity contribution in [1.29, 1.82) is 0 Å². The first kappa shape index (κ1) is 15.7. The van der Waals surface area contributed by atoms with Gasteiger partial charge in [-0.05, 0) is 26.7 Å². The van der Waals surface area contributed by atoms with Crippen molar-refractivity contribution in [2.75, 3.05) is 45.9 Å². The third kappa shape index (κ3) is 3.91. The lowest BCUT2D eigenvalue weighted by Crippen LogP contribution is -2.61. The van der Waals surface area contributed by atoms with E-state index >= 15 is 0 Å². The van der Waals surface area contributed by atoms with E-state index in [-0.39, 0.29) is 5.91 Å². The van der Waals surface area contributed by atoms with E-state index < -0.39 is 11.1 Å². The van der Waals surface area contributed by atoms with Crippen LogP contribution < -0.4 is 5.73 Å². The summed E-state index contributed by atoms with van der Waals surface area (Å²) < 4.78 is 5.29. The van der Waals surface area contributed by atoms with Gasteiger partial charge in [0.1, 0.15) is 0 Å². The molecule has 6 heteroatoms. The lowest BCUT2D eigenvalue weighted by molar-refractivity contribution is -0.142. The molecule has 0 aliphatic carbocycles. The second-order valence-corrected chi connectivity index (χ2v) is 6.65. The van der Waals surface area contributed by atoms with Crippen LogP contribution in [0, 0.1) is 0 Å². The highest BCUT2D eigenvalue weighted by Gasteiger charge is 2.39. The van der Waals surface area contributed by atoms with Crippen molar-refractivity contribution in [2.45, 2.75) is 37.8 Å². The van der Waals surface area contributed by atoms with Crippen LogP contribution in [0.1, 0.15) is 26.7 Å². The summed E-state index contributed by atoms with van der Waals surface area (Å²) in [5, 5.41) is 9.83. The highest BCUT2D eigenvalue weighted by Crippen LogP contribution is 2.21. The summed E-state index contributed by atoms with van der Waals surface area (Å²) in [6.07, 6.45) is 1.21. The van der Waals surface area contributed by atoms with Crippen molar-refractivity contribution in [2.24, 2.45) is 5.73 Å². The molecule has 0 spiro atoms. The van der Waals surface area contributed by atoms with Crippen molar-refractivity contribution in [3.05, 3.63) is 0 Å². The zero-order valence-corrected chi connectivity index (χ0v) is 12.6. The van der Waals surface area contributed by atoms with Crippen molar-refractivity contribution >= 4 is 5.91 Å².